The van der Waals surface area contributed by atoms with Gasteiger partial charge in [0.1, 0.15) is 6.61 Å². The van der Waals surface area contributed by atoms with E-state index in [-0.39, 0.29) is 12.6 Å². The third kappa shape index (κ3) is 4.12. The van der Waals surface area contributed by atoms with Crippen LogP contribution in [0.1, 0.15) is 18.9 Å². The van der Waals surface area contributed by atoms with Gasteiger partial charge in [-0.15, -0.1) is 6.42 Å². The third-order valence-electron chi connectivity index (χ3n) is 1.99. The van der Waals surface area contributed by atoms with Gasteiger partial charge in [0.15, 0.2) is 11.5 Å². The molecule has 0 aliphatic heterocycles. The number of ether oxygens (including phenoxy) is 2. The Morgan fingerprint density at radius 1 is 1.47 bits per heavy atom. The average molecular weight is 297 g/mol. The van der Waals surface area contributed by atoms with Crippen LogP contribution in [0.5, 0.6) is 11.5 Å². The van der Waals surface area contributed by atoms with E-state index in [1.165, 1.54) is 0 Å². The summed E-state index contributed by atoms with van der Waals surface area (Å²) in [6.45, 7) is 1.87. The van der Waals surface area contributed by atoms with Gasteiger partial charge in [0.05, 0.1) is 0 Å². The number of esters is 1. The lowest BCUT2D eigenvalue weighted by molar-refractivity contribution is -0.134. The predicted octanol–water partition coefficient (Wildman–Crippen LogP) is 2.91. The van der Waals surface area contributed by atoms with E-state index in [4.69, 9.17) is 15.9 Å². The van der Waals surface area contributed by atoms with Crippen molar-refractivity contribution in [2.24, 2.45) is 0 Å². The fourth-order valence-corrected chi connectivity index (χ4v) is 1.50. The van der Waals surface area contributed by atoms with Crippen LogP contribution < -0.4 is 9.47 Å². The minimum atomic E-state index is -0.304. The van der Waals surface area contributed by atoms with E-state index < -0.39 is 0 Å². The summed E-state index contributed by atoms with van der Waals surface area (Å²) in [5.74, 6) is 2.96. The zero-order valence-electron chi connectivity index (χ0n) is 9.53. The summed E-state index contributed by atoms with van der Waals surface area (Å²) < 4.78 is 10.5. The third-order valence-corrected chi connectivity index (χ3v) is 2.63. The second-order valence-electron chi connectivity index (χ2n) is 3.24. The molecule has 0 bridgehead atoms. The highest BCUT2D eigenvalue weighted by Crippen LogP contribution is 2.29. The fraction of sp³-hybridized carbons (Fsp3) is 0.308. The highest BCUT2D eigenvalue weighted by molar-refractivity contribution is 9.08. The van der Waals surface area contributed by atoms with E-state index in [1.807, 2.05) is 6.07 Å². The van der Waals surface area contributed by atoms with E-state index in [0.29, 0.717) is 23.2 Å². The van der Waals surface area contributed by atoms with Crippen LogP contribution in [0.2, 0.25) is 0 Å². The van der Waals surface area contributed by atoms with Crippen molar-refractivity contribution in [1.82, 2.24) is 0 Å². The lowest BCUT2D eigenvalue weighted by Gasteiger charge is -2.10. The molecule has 3 nitrogen and oxygen atoms in total. The van der Waals surface area contributed by atoms with E-state index in [1.54, 1.807) is 19.1 Å². The van der Waals surface area contributed by atoms with Gasteiger partial charge in [-0.3, -0.25) is 4.79 Å². The van der Waals surface area contributed by atoms with Gasteiger partial charge in [0.2, 0.25) is 0 Å². The molecule has 0 aliphatic rings. The lowest BCUT2D eigenvalue weighted by Crippen LogP contribution is -2.07. The number of rotatable bonds is 5. The molecule has 0 spiro atoms. The number of hydrogen-bond acceptors (Lipinski definition) is 3. The molecular formula is C13H13BrO3. The van der Waals surface area contributed by atoms with Gasteiger partial charge in [-0.05, 0) is 17.7 Å². The lowest BCUT2D eigenvalue weighted by atomic mass is 10.2. The Morgan fingerprint density at radius 3 is 2.82 bits per heavy atom. The largest absolute Gasteiger partial charge is 0.477 e. The Kier molecular flexibility index (Phi) is 5.58. The minimum Gasteiger partial charge on any atom is -0.477 e. The van der Waals surface area contributed by atoms with Gasteiger partial charge in [-0.1, -0.05) is 34.8 Å². The van der Waals surface area contributed by atoms with Crippen LogP contribution in [0.15, 0.2) is 18.2 Å². The Bertz CT molecular complexity index is 435. The van der Waals surface area contributed by atoms with E-state index in [0.717, 1.165) is 5.56 Å². The van der Waals surface area contributed by atoms with Crippen LogP contribution in [0.4, 0.5) is 0 Å². The van der Waals surface area contributed by atoms with Crippen LogP contribution in [0.25, 0.3) is 0 Å². The first kappa shape index (κ1) is 13.6. The minimum absolute atomic E-state index is 0.141. The molecule has 0 atom stereocenters. The Hall–Kier alpha value is -1.47. The van der Waals surface area contributed by atoms with Crippen molar-refractivity contribution in [2.45, 2.75) is 18.7 Å². The molecule has 0 saturated carbocycles. The molecular weight excluding hydrogens is 284 g/mol. The molecule has 1 aromatic rings. The topological polar surface area (TPSA) is 35.5 Å². The number of carbonyl (C=O) groups excluding carboxylic acids is 1. The number of terminal acetylenes is 1. The highest BCUT2D eigenvalue weighted by atomic mass is 79.9. The maximum atomic E-state index is 11.2. The molecule has 4 heteroatoms. The highest BCUT2D eigenvalue weighted by Gasteiger charge is 2.09. The van der Waals surface area contributed by atoms with Gasteiger partial charge < -0.3 is 9.47 Å². The molecule has 0 unspecified atom stereocenters. The van der Waals surface area contributed by atoms with Gasteiger partial charge in [0, 0.05) is 11.8 Å². The SMILES string of the molecule is C#CCOc1cc(CBr)ccc1OC(=O)CC. The summed E-state index contributed by atoms with van der Waals surface area (Å²) in [7, 11) is 0. The van der Waals surface area contributed by atoms with Gasteiger partial charge in [-0.25, -0.2) is 0 Å². The number of halogens is 1. The first-order valence-electron chi connectivity index (χ1n) is 5.17. The van der Waals surface area contributed by atoms with Crippen LogP contribution in [0, 0.1) is 12.3 Å². The van der Waals surface area contributed by atoms with Gasteiger partial charge in [0.25, 0.3) is 0 Å². The van der Waals surface area contributed by atoms with Gasteiger partial charge >= 0.3 is 5.97 Å². The van der Waals surface area contributed by atoms with E-state index in [9.17, 15) is 4.79 Å². The zero-order valence-corrected chi connectivity index (χ0v) is 11.1. The van der Waals surface area contributed by atoms with E-state index >= 15 is 0 Å². The van der Waals surface area contributed by atoms with Crippen LogP contribution in [-0.4, -0.2) is 12.6 Å². The average Bonchev–Trinajstić information content (AvgIpc) is 2.37. The van der Waals surface area contributed by atoms with Crippen molar-refractivity contribution in [1.29, 1.82) is 0 Å². The normalized spacial score (nSPS) is 9.47. The summed E-state index contributed by atoms with van der Waals surface area (Å²) in [6, 6.07) is 5.36. The monoisotopic (exact) mass is 296 g/mol. The molecule has 90 valence electrons. The molecule has 1 rings (SSSR count). The van der Waals surface area contributed by atoms with Crippen molar-refractivity contribution >= 4 is 21.9 Å². The number of alkyl halides is 1. The summed E-state index contributed by atoms with van der Waals surface area (Å²) in [5.41, 5.74) is 1.02. The molecule has 0 saturated heterocycles. The van der Waals surface area contributed by atoms with Crippen molar-refractivity contribution < 1.29 is 14.3 Å². The van der Waals surface area contributed by atoms with Crippen molar-refractivity contribution in [2.75, 3.05) is 6.61 Å². The summed E-state index contributed by atoms with van der Waals surface area (Å²) in [5, 5.41) is 0.696. The summed E-state index contributed by atoms with van der Waals surface area (Å²) in [6.07, 6.45) is 5.45. The zero-order chi connectivity index (χ0) is 12.7. The van der Waals surface area contributed by atoms with Crippen LogP contribution >= 0.6 is 15.9 Å². The molecule has 0 aliphatic carbocycles. The molecule has 0 N–H and O–H groups in total. The molecule has 0 radical (unpaired) electrons. The molecule has 0 fully saturated rings. The Labute approximate surface area is 109 Å². The number of benzene rings is 1. The maximum absolute atomic E-state index is 11.2. The quantitative estimate of drug-likeness (QED) is 0.363. The standard InChI is InChI=1S/C13H13BrO3/c1-3-7-16-12-8-10(9-14)5-6-11(12)17-13(15)4-2/h1,5-6,8H,4,7,9H2,2H3. The summed E-state index contributed by atoms with van der Waals surface area (Å²) >= 11 is 3.35. The van der Waals surface area contributed by atoms with Crippen LogP contribution in [0.3, 0.4) is 0 Å². The maximum Gasteiger partial charge on any atom is 0.311 e. The molecule has 0 amide bonds. The second kappa shape index (κ2) is 6.97. The molecule has 0 heterocycles. The van der Waals surface area contributed by atoms with Crippen molar-refractivity contribution in [3.05, 3.63) is 23.8 Å². The number of hydrogen-bond donors (Lipinski definition) is 0. The Balaban J connectivity index is 2.93. The summed E-state index contributed by atoms with van der Waals surface area (Å²) in [4.78, 5) is 11.2. The molecule has 17 heavy (non-hydrogen) atoms. The first-order valence-corrected chi connectivity index (χ1v) is 6.29. The first-order chi connectivity index (χ1) is 8.21. The second-order valence-corrected chi connectivity index (χ2v) is 3.80. The molecule has 1 aromatic carbocycles. The van der Waals surface area contributed by atoms with Crippen molar-refractivity contribution in [3.8, 4) is 23.8 Å². The van der Waals surface area contributed by atoms with E-state index in [2.05, 4.69) is 21.9 Å². The van der Waals surface area contributed by atoms with Gasteiger partial charge in [-0.2, -0.15) is 0 Å². The number of carbonyl (C=O) groups is 1. The van der Waals surface area contributed by atoms with Crippen molar-refractivity contribution in [3.63, 3.8) is 0 Å². The molecule has 0 aromatic heterocycles. The smallest absolute Gasteiger partial charge is 0.311 e. The van der Waals surface area contributed by atoms with Crippen LogP contribution in [-0.2, 0) is 10.1 Å². The Morgan fingerprint density at radius 2 is 2.24 bits per heavy atom. The fourth-order valence-electron chi connectivity index (χ4n) is 1.15. The predicted molar refractivity (Wildman–Crippen MR) is 69.3 cm³/mol.